The second-order valence-electron chi connectivity index (χ2n) is 6.21. The minimum absolute atomic E-state index is 0.157. The van der Waals surface area contributed by atoms with E-state index in [0.717, 1.165) is 18.4 Å². The van der Waals surface area contributed by atoms with Crippen LogP contribution in [0.3, 0.4) is 0 Å². The summed E-state index contributed by atoms with van der Waals surface area (Å²) in [7, 11) is 0. The molecule has 26 heavy (non-hydrogen) atoms. The van der Waals surface area contributed by atoms with E-state index in [-0.39, 0.29) is 18.2 Å². The molecule has 6 heteroatoms. The average Bonchev–Trinajstić information content (AvgIpc) is 2.63. The van der Waals surface area contributed by atoms with Crippen molar-refractivity contribution in [2.75, 3.05) is 6.61 Å². The van der Waals surface area contributed by atoms with E-state index in [4.69, 9.17) is 4.74 Å². The van der Waals surface area contributed by atoms with Crippen LogP contribution in [0.15, 0.2) is 46.8 Å². The van der Waals surface area contributed by atoms with Crippen LogP contribution < -0.4 is 0 Å². The first-order valence-electron chi connectivity index (χ1n) is 9.24. The number of carbonyl (C=O) groups excluding carboxylic acids is 1. The maximum Gasteiger partial charge on any atom is 0.344 e. The molecular weight excluding hydrogens is 332 g/mol. The molecule has 0 amide bonds. The first-order chi connectivity index (χ1) is 12.5. The number of esters is 1. The summed E-state index contributed by atoms with van der Waals surface area (Å²) in [6.45, 7) is 5.92. The zero-order valence-electron chi connectivity index (χ0n) is 15.7. The maximum atomic E-state index is 12.2. The second kappa shape index (κ2) is 9.38. The van der Waals surface area contributed by atoms with E-state index >= 15 is 0 Å². The van der Waals surface area contributed by atoms with Crippen LogP contribution in [0.5, 0.6) is 0 Å². The molecule has 1 aromatic rings. The summed E-state index contributed by atoms with van der Waals surface area (Å²) in [5.41, 5.74) is 0.810. The first-order valence-corrected chi connectivity index (χ1v) is 9.24. The smallest absolute Gasteiger partial charge is 0.344 e. The summed E-state index contributed by atoms with van der Waals surface area (Å²) < 4.78 is 4.99. The number of nitrogens with zero attached hydrogens (tertiary/aromatic N) is 2. The third-order valence-corrected chi connectivity index (χ3v) is 4.45. The summed E-state index contributed by atoms with van der Waals surface area (Å²) in [6, 6.07) is 9.62. The fourth-order valence-corrected chi connectivity index (χ4v) is 3.18. The van der Waals surface area contributed by atoms with Crippen molar-refractivity contribution < 1.29 is 19.7 Å². The monoisotopic (exact) mass is 360 g/mol. The van der Waals surface area contributed by atoms with E-state index in [1.165, 1.54) is 0 Å². The molecule has 1 unspecified atom stereocenters. The maximum absolute atomic E-state index is 12.2. The van der Waals surface area contributed by atoms with Gasteiger partial charge in [0.05, 0.1) is 12.6 Å². The number of aliphatic hydroxyl groups excluding tert-OH is 2. The van der Waals surface area contributed by atoms with Gasteiger partial charge in [0.25, 0.3) is 0 Å². The molecule has 1 aromatic carbocycles. The van der Waals surface area contributed by atoms with E-state index < -0.39 is 18.1 Å². The average molecular weight is 360 g/mol. The van der Waals surface area contributed by atoms with Crippen LogP contribution in [-0.2, 0) is 9.53 Å². The van der Waals surface area contributed by atoms with Crippen molar-refractivity contribution in [3.63, 3.8) is 0 Å². The van der Waals surface area contributed by atoms with Crippen molar-refractivity contribution in [1.29, 1.82) is 0 Å². The topological polar surface area (TPSA) is 82.4 Å². The number of ether oxygens (including phenoxy) is 1. The highest BCUT2D eigenvalue weighted by Gasteiger charge is 2.39. The number of benzene rings is 1. The Hall–Kier alpha value is -2.34. The van der Waals surface area contributed by atoms with Crippen LogP contribution >= 0.6 is 0 Å². The normalized spacial score (nSPS) is 18.5. The number of amidine groups is 1. The van der Waals surface area contributed by atoms with Gasteiger partial charge in [0.15, 0.2) is 6.23 Å². The van der Waals surface area contributed by atoms with Gasteiger partial charge in [-0.3, -0.25) is 0 Å². The highest BCUT2D eigenvalue weighted by atomic mass is 16.5. The zero-order chi connectivity index (χ0) is 19.1. The molecular formula is C20H28N2O4. The standard InChI is InChI=1S/C20H28N2O4/c1-4-7-13-16-21-18(23)17(20(25)26-6-3)19(24)22(16)15(5-2)14-11-9-8-10-12-14/h8-12,15,19,23-24H,4-7,13H2,1-3H3/t15-,19?/m0/s1. The number of aliphatic hydroxyl groups is 2. The third kappa shape index (κ3) is 4.25. The molecule has 1 heterocycles. The molecule has 0 spiro atoms. The lowest BCUT2D eigenvalue weighted by molar-refractivity contribution is -0.141. The number of unbranched alkanes of at least 4 members (excludes halogenated alkanes) is 1. The molecule has 0 saturated heterocycles. The molecule has 0 radical (unpaired) electrons. The summed E-state index contributed by atoms with van der Waals surface area (Å²) in [5.74, 6) is -0.620. The highest BCUT2D eigenvalue weighted by molar-refractivity contribution is 5.94. The minimum atomic E-state index is -1.30. The lowest BCUT2D eigenvalue weighted by atomic mass is 9.99. The molecule has 0 aromatic heterocycles. The number of hydrogen-bond acceptors (Lipinski definition) is 6. The van der Waals surface area contributed by atoms with E-state index in [0.29, 0.717) is 18.7 Å². The number of hydrogen-bond donors (Lipinski definition) is 2. The van der Waals surface area contributed by atoms with Gasteiger partial charge in [0.1, 0.15) is 11.4 Å². The van der Waals surface area contributed by atoms with Gasteiger partial charge in [-0.2, -0.15) is 4.99 Å². The van der Waals surface area contributed by atoms with E-state index in [1.807, 2.05) is 37.3 Å². The quantitative estimate of drug-likeness (QED) is 0.691. The number of carbonyl (C=O) groups is 1. The molecule has 1 aliphatic heterocycles. The largest absolute Gasteiger partial charge is 0.493 e. The van der Waals surface area contributed by atoms with E-state index in [1.54, 1.807) is 11.8 Å². The Kier molecular flexibility index (Phi) is 7.21. The fourth-order valence-electron chi connectivity index (χ4n) is 3.18. The molecule has 0 bridgehead atoms. The van der Waals surface area contributed by atoms with Crippen molar-refractivity contribution in [3.05, 3.63) is 47.4 Å². The van der Waals surface area contributed by atoms with Gasteiger partial charge in [0, 0.05) is 6.42 Å². The van der Waals surface area contributed by atoms with Crippen LogP contribution in [0, 0.1) is 0 Å². The van der Waals surface area contributed by atoms with E-state index in [9.17, 15) is 15.0 Å². The lowest BCUT2D eigenvalue weighted by Gasteiger charge is -2.40. The highest BCUT2D eigenvalue weighted by Crippen LogP contribution is 2.33. The predicted octanol–water partition coefficient (Wildman–Crippen LogP) is 3.69. The van der Waals surface area contributed by atoms with Crippen molar-refractivity contribution in [3.8, 4) is 0 Å². The van der Waals surface area contributed by atoms with Crippen molar-refractivity contribution in [1.82, 2.24) is 4.90 Å². The molecule has 2 atom stereocenters. The molecule has 1 aliphatic rings. The predicted molar refractivity (Wildman–Crippen MR) is 101 cm³/mol. The number of rotatable bonds is 8. The molecule has 2 rings (SSSR count). The summed E-state index contributed by atoms with van der Waals surface area (Å²) >= 11 is 0. The van der Waals surface area contributed by atoms with Gasteiger partial charge in [-0.1, -0.05) is 50.6 Å². The Balaban J connectivity index is 2.46. The Morgan fingerprint density at radius 2 is 1.96 bits per heavy atom. The fraction of sp³-hybridized carbons (Fsp3) is 0.500. The van der Waals surface area contributed by atoms with Crippen molar-refractivity contribution >= 4 is 11.8 Å². The van der Waals surface area contributed by atoms with Crippen molar-refractivity contribution in [2.24, 2.45) is 4.99 Å². The Morgan fingerprint density at radius 1 is 1.27 bits per heavy atom. The van der Waals surface area contributed by atoms with Crippen LogP contribution in [0.4, 0.5) is 0 Å². The van der Waals surface area contributed by atoms with Crippen LogP contribution in [0.2, 0.25) is 0 Å². The van der Waals surface area contributed by atoms with Gasteiger partial charge < -0.3 is 19.8 Å². The third-order valence-electron chi connectivity index (χ3n) is 4.45. The Morgan fingerprint density at radius 3 is 2.54 bits per heavy atom. The minimum Gasteiger partial charge on any atom is -0.493 e. The molecule has 6 nitrogen and oxygen atoms in total. The van der Waals surface area contributed by atoms with Crippen LogP contribution in [-0.4, -0.2) is 39.8 Å². The van der Waals surface area contributed by atoms with Gasteiger partial charge in [-0.05, 0) is 25.3 Å². The van der Waals surface area contributed by atoms with E-state index in [2.05, 4.69) is 11.9 Å². The van der Waals surface area contributed by atoms with Gasteiger partial charge >= 0.3 is 5.97 Å². The van der Waals surface area contributed by atoms with Crippen LogP contribution in [0.25, 0.3) is 0 Å². The molecule has 142 valence electrons. The van der Waals surface area contributed by atoms with Crippen LogP contribution in [0.1, 0.15) is 58.1 Å². The van der Waals surface area contributed by atoms with Gasteiger partial charge in [-0.25, -0.2) is 4.79 Å². The molecule has 0 saturated carbocycles. The van der Waals surface area contributed by atoms with Gasteiger partial charge in [-0.15, -0.1) is 0 Å². The first kappa shape index (κ1) is 20.0. The second-order valence-corrected chi connectivity index (χ2v) is 6.21. The number of aliphatic imine (C=N–C) groups is 1. The zero-order valence-corrected chi connectivity index (χ0v) is 15.7. The SMILES string of the molecule is CCCCC1=NC(O)=C(C(=O)OCC)C(O)N1[C@@H](CC)c1ccccc1. The molecule has 2 N–H and O–H groups in total. The van der Waals surface area contributed by atoms with Gasteiger partial charge in [0.2, 0.25) is 5.88 Å². The summed E-state index contributed by atoms with van der Waals surface area (Å²) in [6.07, 6.45) is 1.85. The Labute approximate surface area is 154 Å². The summed E-state index contributed by atoms with van der Waals surface area (Å²) in [4.78, 5) is 18.2. The molecule has 0 aliphatic carbocycles. The lowest BCUT2D eigenvalue weighted by Crippen LogP contribution is -2.48. The van der Waals surface area contributed by atoms with Crippen molar-refractivity contribution in [2.45, 2.75) is 58.7 Å². The summed E-state index contributed by atoms with van der Waals surface area (Å²) in [5, 5.41) is 21.2. The molecule has 0 fully saturated rings. The Bertz CT molecular complexity index is 670.